The predicted octanol–water partition coefficient (Wildman–Crippen LogP) is 2.16. The number of tetrazole rings is 1. The van der Waals surface area contributed by atoms with E-state index in [2.05, 4.69) is 26.9 Å². The van der Waals surface area contributed by atoms with Crippen LogP contribution >= 0.6 is 11.8 Å². The molecule has 0 aromatic carbocycles. The first kappa shape index (κ1) is 15.3. The maximum atomic E-state index is 9.23. The molecule has 1 aromatic heterocycles. The van der Waals surface area contributed by atoms with Gasteiger partial charge in [-0.15, -0.1) is 5.10 Å². The Hall–Kier alpha value is -1.13. The van der Waals surface area contributed by atoms with Gasteiger partial charge in [0.05, 0.1) is 12.1 Å². The van der Waals surface area contributed by atoms with Crippen molar-refractivity contribution < 1.29 is 0 Å². The Balaban J connectivity index is 1.88. The normalized spacial score (nSPS) is 18.9. The van der Waals surface area contributed by atoms with E-state index >= 15 is 0 Å². The van der Waals surface area contributed by atoms with E-state index in [0.717, 1.165) is 23.9 Å². The van der Waals surface area contributed by atoms with Crippen LogP contribution in [0.1, 0.15) is 52.0 Å². The van der Waals surface area contributed by atoms with Gasteiger partial charge in [0.15, 0.2) is 0 Å². The largest absolute Gasteiger partial charge is 0.300 e. The number of nitrogens with zero attached hydrogens (tertiary/aromatic N) is 5. The number of thioether (sulfide) groups is 1. The number of rotatable bonds is 7. The first-order valence-corrected chi connectivity index (χ1v) is 8.24. The maximum absolute atomic E-state index is 9.23. The fraction of sp³-hybridized carbons (Fsp3) is 0.846. The maximum Gasteiger partial charge on any atom is 0.209 e. The summed E-state index contributed by atoms with van der Waals surface area (Å²) in [5, 5.41) is 25.4. The molecule has 0 aliphatic heterocycles. The van der Waals surface area contributed by atoms with E-state index in [9.17, 15) is 5.26 Å². The molecule has 20 heavy (non-hydrogen) atoms. The topological polar surface area (TPSA) is 79.4 Å². The standard InChI is InChI=1S/C13H22N6S/c1-3-15-13(2,10-14)8-9-20-12-16-17-18-19(12)11-6-4-5-7-11/h11,15H,3-9H2,1-2H3. The molecular formula is C13H22N6S. The molecule has 0 amide bonds. The van der Waals surface area contributed by atoms with Crippen LogP contribution in [0.3, 0.4) is 0 Å². The van der Waals surface area contributed by atoms with E-state index in [-0.39, 0.29) is 0 Å². The number of nitrogens with one attached hydrogen (secondary N) is 1. The third-order valence-electron chi connectivity index (χ3n) is 3.78. The van der Waals surface area contributed by atoms with Crippen molar-refractivity contribution in [3.63, 3.8) is 0 Å². The van der Waals surface area contributed by atoms with Gasteiger partial charge in [-0.2, -0.15) is 5.26 Å². The second kappa shape index (κ2) is 7.04. The highest BCUT2D eigenvalue weighted by atomic mass is 32.2. The molecule has 1 aliphatic rings. The van der Waals surface area contributed by atoms with Gasteiger partial charge in [-0.05, 0) is 43.2 Å². The first-order chi connectivity index (χ1) is 9.68. The highest BCUT2D eigenvalue weighted by Gasteiger charge is 2.24. The third-order valence-corrected chi connectivity index (χ3v) is 4.72. The highest BCUT2D eigenvalue weighted by molar-refractivity contribution is 7.99. The molecule has 1 fully saturated rings. The summed E-state index contributed by atoms with van der Waals surface area (Å²) in [5.41, 5.74) is -0.465. The van der Waals surface area contributed by atoms with Crippen LogP contribution in [-0.2, 0) is 0 Å². The number of hydrogen-bond acceptors (Lipinski definition) is 6. The summed E-state index contributed by atoms with van der Waals surface area (Å²) < 4.78 is 1.97. The second-order valence-corrected chi connectivity index (χ2v) is 6.48. The minimum absolute atomic E-state index is 0.462. The number of nitriles is 1. The van der Waals surface area contributed by atoms with E-state index in [0.29, 0.717) is 6.04 Å². The van der Waals surface area contributed by atoms with Crippen LogP contribution in [-0.4, -0.2) is 38.0 Å². The minimum Gasteiger partial charge on any atom is -0.300 e. The lowest BCUT2D eigenvalue weighted by Gasteiger charge is -2.22. The van der Waals surface area contributed by atoms with Gasteiger partial charge in [0, 0.05) is 5.75 Å². The molecule has 1 aliphatic carbocycles. The molecule has 110 valence electrons. The zero-order chi connectivity index (χ0) is 14.4. The Kier molecular flexibility index (Phi) is 5.38. The Morgan fingerprint density at radius 1 is 1.50 bits per heavy atom. The third kappa shape index (κ3) is 3.70. The average Bonchev–Trinajstić information content (AvgIpc) is 3.09. The molecule has 1 N–H and O–H groups in total. The van der Waals surface area contributed by atoms with E-state index in [1.54, 1.807) is 11.8 Å². The molecule has 1 saturated carbocycles. The Morgan fingerprint density at radius 3 is 2.90 bits per heavy atom. The van der Waals surface area contributed by atoms with Crippen molar-refractivity contribution in [1.29, 1.82) is 5.26 Å². The molecule has 1 aromatic rings. The van der Waals surface area contributed by atoms with Crippen molar-refractivity contribution in [2.75, 3.05) is 12.3 Å². The first-order valence-electron chi connectivity index (χ1n) is 7.25. The van der Waals surface area contributed by atoms with Gasteiger partial charge in [-0.3, -0.25) is 5.32 Å². The summed E-state index contributed by atoms with van der Waals surface area (Å²) in [4.78, 5) is 0. The Morgan fingerprint density at radius 2 is 2.25 bits per heavy atom. The van der Waals surface area contributed by atoms with Gasteiger partial charge < -0.3 is 0 Å². The summed E-state index contributed by atoms with van der Waals surface area (Å²) >= 11 is 1.64. The lowest BCUT2D eigenvalue weighted by atomic mass is 10.0. The molecule has 0 bridgehead atoms. The van der Waals surface area contributed by atoms with Gasteiger partial charge in [-0.25, -0.2) is 4.68 Å². The van der Waals surface area contributed by atoms with Crippen molar-refractivity contribution >= 4 is 11.8 Å². The second-order valence-electron chi connectivity index (χ2n) is 5.42. The smallest absolute Gasteiger partial charge is 0.209 e. The van der Waals surface area contributed by atoms with Gasteiger partial charge in [0.25, 0.3) is 0 Å². The Bertz CT molecular complexity index is 462. The molecule has 1 unspecified atom stereocenters. The van der Waals surface area contributed by atoms with Crippen LogP contribution in [0.15, 0.2) is 5.16 Å². The van der Waals surface area contributed by atoms with Crippen molar-refractivity contribution in [3.8, 4) is 6.07 Å². The molecule has 7 heteroatoms. The summed E-state index contributed by atoms with van der Waals surface area (Å²) in [6.07, 6.45) is 5.65. The van der Waals surface area contributed by atoms with E-state index in [1.165, 1.54) is 25.7 Å². The Labute approximate surface area is 124 Å². The quantitative estimate of drug-likeness (QED) is 0.776. The number of hydrogen-bond donors (Lipinski definition) is 1. The molecule has 1 heterocycles. The van der Waals surface area contributed by atoms with Crippen LogP contribution in [0.5, 0.6) is 0 Å². The highest BCUT2D eigenvalue weighted by Crippen LogP contribution is 2.31. The fourth-order valence-electron chi connectivity index (χ4n) is 2.58. The summed E-state index contributed by atoms with van der Waals surface area (Å²) in [6, 6.07) is 2.81. The molecule has 0 saturated heterocycles. The average molecular weight is 294 g/mol. The van der Waals surface area contributed by atoms with Crippen LogP contribution in [0.4, 0.5) is 0 Å². The lowest BCUT2D eigenvalue weighted by Crippen LogP contribution is -2.41. The zero-order valence-corrected chi connectivity index (χ0v) is 13.0. The van der Waals surface area contributed by atoms with Crippen molar-refractivity contribution in [2.24, 2.45) is 0 Å². The molecule has 1 atom stereocenters. The molecule has 0 radical (unpaired) electrons. The monoisotopic (exact) mass is 294 g/mol. The van der Waals surface area contributed by atoms with Crippen molar-refractivity contribution in [1.82, 2.24) is 25.5 Å². The molecule has 0 spiro atoms. The van der Waals surface area contributed by atoms with Crippen molar-refractivity contribution in [2.45, 2.75) is 62.7 Å². The van der Waals surface area contributed by atoms with Gasteiger partial charge in [0.1, 0.15) is 5.54 Å². The molecular weight excluding hydrogens is 272 g/mol. The summed E-state index contributed by atoms with van der Waals surface area (Å²) in [5.74, 6) is 0.837. The van der Waals surface area contributed by atoms with Crippen LogP contribution in [0, 0.1) is 11.3 Å². The predicted molar refractivity (Wildman–Crippen MR) is 78.4 cm³/mol. The van der Waals surface area contributed by atoms with Crippen LogP contribution < -0.4 is 5.32 Å². The zero-order valence-electron chi connectivity index (χ0n) is 12.2. The van der Waals surface area contributed by atoms with E-state index < -0.39 is 5.54 Å². The SMILES string of the molecule is CCNC(C)(C#N)CCSc1nnnn1C1CCCC1. The molecule has 6 nitrogen and oxygen atoms in total. The fourth-order valence-corrected chi connectivity index (χ4v) is 3.68. The summed E-state index contributed by atoms with van der Waals surface area (Å²) in [7, 11) is 0. The minimum atomic E-state index is -0.465. The van der Waals surface area contributed by atoms with Gasteiger partial charge >= 0.3 is 0 Å². The lowest BCUT2D eigenvalue weighted by molar-refractivity contribution is 0.422. The van der Waals surface area contributed by atoms with Crippen molar-refractivity contribution in [3.05, 3.63) is 0 Å². The van der Waals surface area contributed by atoms with Crippen LogP contribution in [0.2, 0.25) is 0 Å². The van der Waals surface area contributed by atoms with Gasteiger partial charge in [-0.1, -0.05) is 31.5 Å². The summed E-state index contributed by atoms with van der Waals surface area (Å²) in [6.45, 7) is 4.76. The van der Waals surface area contributed by atoms with Gasteiger partial charge in [0.2, 0.25) is 5.16 Å². The van der Waals surface area contributed by atoms with E-state index in [4.69, 9.17) is 0 Å². The molecule has 2 rings (SSSR count). The van der Waals surface area contributed by atoms with E-state index in [1.807, 2.05) is 18.5 Å². The van der Waals surface area contributed by atoms with Crippen LogP contribution in [0.25, 0.3) is 0 Å². The number of aromatic nitrogens is 4.